The maximum Gasteiger partial charge on any atom is 0.151 e. The molecule has 0 saturated carbocycles. The minimum absolute atomic E-state index is 0.205. The van der Waals surface area contributed by atoms with Gasteiger partial charge in [-0.15, -0.1) is 0 Å². The number of sulfone groups is 1. The third kappa shape index (κ3) is 4.37. The molecule has 6 heteroatoms. The number of nitrogens with zero attached hydrogens (tertiary/aromatic N) is 2. The molecule has 5 nitrogen and oxygen atoms in total. The van der Waals surface area contributed by atoms with Crippen LogP contribution in [0, 0.1) is 0 Å². The lowest BCUT2D eigenvalue weighted by Crippen LogP contribution is -2.39. The first-order valence-electron chi connectivity index (χ1n) is 5.74. The van der Waals surface area contributed by atoms with E-state index in [4.69, 9.17) is 5.73 Å². The maximum absolute atomic E-state index is 11.3. The highest BCUT2D eigenvalue weighted by Gasteiger charge is 2.30. The maximum atomic E-state index is 11.3. The summed E-state index contributed by atoms with van der Waals surface area (Å²) in [6.45, 7) is 3.38. The van der Waals surface area contributed by atoms with E-state index in [2.05, 4.69) is 9.80 Å². The Hall–Kier alpha value is -0.170. The van der Waals surface area contributed by atoms with Gasteiger partial charge in [-0.25, -0.2) is 8.42 Å². The Morgan fingerprint density at radius 2 is 1.94 bits per heavy atom. The molecule has 1 saturated heterocycles. The van der Waals surface area contributed by atoms with Gasteiger partial charge in [-0.2, -0.15) is 0 Å². The summed E-state index contributed by atoms with van der Waals surface area (Å²) in [7, 11) is 1.27. The summed E-state index contributed by atoms with van der Waals surface area (Å²) in [5.41, 5.74) is 5.46. The van der Waals surface area contributed by atoms with Crippen LogP contribution in [0.15, 0.2) is 0 Å². The standard InChI is InChI=1S/C10H23N3O2S/c1-12(5-4-11)6-7-13(2)10-3-8-16(14,15)9-10/h10H,3-9,11H2,1-2H3. The van der Waals surface area contributed by atoms with Gasteiger partial charge in [-0.3, -0.25) is 0 Å². The Morgan fingerprint density at radius 3 is 2.44 bits per heavy atom. The second kappa shape index (κ2) is 5.95. The molecule has 0 radical (unpaired) electrons. The molecular formula is C10H23N3O2S. The molecule has 0 aromatic carbocycles. The predicted molar refractivity (Wildman–Crippen MR) is 66.2 cm³/mol. The Bertz CT molecular complexity index is 305. The van der Waals surface area contributed by atoms with Gasteiger partial charge in [0.05, 0.1) is 11.5 Å². The van der Waals surface area contributed by atoms with Crippen molar-refractivity contribution in [1.29, 1.82) is 0 Å². The smallest absolute Gasteiger partial charge is 0.151 e. The van der Waals surface area contributed by atoms with Gasteiger partial charge in [0.25, 0.3) is 0 Å². The first-order chi connectivity index (χ1) is 7.44. The van der Waals surface area contributed by atoms with Crippen LogP contribution in [-0.4, -0.2) is 76.0 Å². The lowest BCUT2D eigenvalue weighted by molar-refractivity contribution is 0.220. The second-order valence-electron chi connectivity index (χ2n) is 4.63. The van der Waals surface area contributed by atoms with Crippen LogP contribution in [0.4, 0.5) is 0 Å². The van der Waals surface area contributed by atoms with Crippen LogP contribution in [0.2, 0.25) is 0 Å². The molecule has 1 atom stereocenters. The van der Waals surface area contributed by atoms with Crippen LogP contribution in [-0.2, 0) is 9.84 Å². The van der Waals surface area contributed by atoms with E-state index in [0.29, 0.717) is 18.1 Å². The highest BCUT2D eigenvalue weighted by molar-refractivity contribution is 7.91. The molecule has 2 N–H and O–H groups in total. The van der Waals surface area contributed by atoms with E-state index in [-0.39, 0.29) is 6.04 Å². The number of hydrogen-bond acceptors (Lipinski definition) is 5. The van der Waals surface area contributed by atoms with Crippen LogP contribution < -0.4 is 5.73 Å². The van der Waals surface area contributed by atoms with E-state index in [1.165, 1.54) is 0 Å². The van der Waals surface area contributed by atoms with Crippen LogP contribution in [0.5, 0.6) is 0 Å². The van der Waals surface area contributed by atoms with Gasteiger partial charge in [0.2, 0.25) is 0 Å². The van der Waals surface area contributed by atoms with Gasteiger partial charge in [0.1, 0.15) is 0 Å². The van der Waals surface area contributed by atoms with Gasteiger partial charge in [-0.05, 0) is 20.5 Å². The minimum atomic E-state index is -2.76. The van der Waals surface area contributed by atoms with E-state index < -0.39 is 9.84 Å². The quantitative estimate of drug-likeness (QED) is 0.654. The van der Waals surface area contributed by atoms with Crippen LogP contribution in [0.1, 0.15) is 6.42 Å². The van der Waals surface area contributed by atoms with E-state index >= 15 is 0 Å². The van der Waals surface area contributed by atoms with Crippen molar-refractivity contribution in [2.75, 3.05) is 51.8 Å². The van der Waals surface area contributed by atoms with E-state index in [1.54, 1.807) is 0 Å². The molecule has 1 unspecified atom stereocenters. The fourth-order valence-corrected chi connectivity index (χ4v) is 3.77. The average Bonchev–Trinajstić information content (AvgIpc) is 2.56. The van der Waals surface area contributed by atoms with Gasteiger partial charge in [-0.1, -0.05) is 0 Å². The van der Waals surface area contributed by atoms with Crippen LogP contribution in [0.3, 0.4) is 0 Å². The first-order valence-corrected chi connectivity index (χ1v) is 7.56. The summed E-state index contributed by atoms with van der Waals surface area (Å²) in [4.78, 5) is 4.32. The molecule has 0 amide bonds. The summed E-state index contributed by atoms with van der Waals surface area (Å²) >= 11 is 0. The highest BCUT2D eigenvalue weighted by atomic mass is 32.2. The Balaban J connectivity index is 2.28. The highest BCUT2D eigenvalue weighted by Crippen LogP contribution is 2.15. The molecule has 0 aromatic heterocycles. The molecular weight excluding hydrogens is 226 g/mol. The number of hydrogen-bond donors (Lipinski definition) is 1. The SMILES string of the molecule is CN(CCN)CCN(C)C1CCS(=O)(=O)C1. The van der Waals surface area contributed by atoms with Crippen molar-refractivity contribution in [2.45, 2.75) is 12.5 Å². The van der Waals surface area contributed by atoms with Crippen molar-refractivity contribution < 1.29 is 8.42 Å². The van der Waals surface area contributed by atoms with Gasteiger partial charge < -0.3 is 15.5 Å². The largest absolute Gasteiger partial charge is 0.329 e. The molecule has 0 spiro atoms. The summed E-state index contributed by atoms with van der Waals surface area (Å²) < 4.78 is 22.7. The van der Waals surface area contributed by atoms with Gasteiger partial charge in [0, 0.05) is 32.2 Å². The first kappa shape index (κ1) is 13.9. The normalized spacial score (nSPS) is 24.4. The molecule has 0 aromatic rings. The topological polar surface area (TPSA) is 66.6 Å². The van der Waals surface area contributed by atoms with E-state index in [9.17, 15) is 8.42 Å². The zero-order valence-corrected chi connectivity index (χ0v) is 11.0. The van der Waals surface area contributed by atoms with Crippen molar-refractivity contribution in [3.8, 4) is 0 Å². The Morgan fingerprint density at radius 1 is 1.25 bits per heavy atom. The van der Waals surface area contributed by atoms with Crippen LogP contribution >= 0.6 is 0 Å². The molecule has 1 rings (SSSR count). The van der Waals surface area contributed by atoms with E-state index in [1.807, 2.05) is 14.1 Å². The average molecular weight is 249 g/mol. The summed E-state index contributed by atoms with van der Waals surface area (Å²) in [6, 6.07) is 0.205. The molecule has 1 aliphatic heterocycles. The lowest BCUT2D eigenvalue weighted by atomic mass is 10.2. The third-order valence-electron chi connectivity index (χ3n) is 3.18. The molecule has 0 aliphatic carbocycles. The second-order valence-corrected chi connectivity index (χ2v) is 6.86. The summed E-state index contributed by atoms with van der Waals surface area (Å²) in [5.74, 6) is 0.671. The minimum Gasteiger partial charge on any atom is -0.329 e. The lowest BCUT2D eigenvalue weighted by Gasteiger charge is -2.25. The Labute approximate surface area is 98.5 Å². The fraction of sp³-hybridized carbons (Fsp3) is 1.00. The van der Waals surface area contributed by atoms with Gasteiger partial charge in [0.15, 0.2) is 9.84 Å². The van der Waals surface area contributed by atoms with Crippen molar-refractivity contribution in [2.24, 2.45) is 5.73 Å². The summed E-state index contributed by atoms with van der Waals surface area (Å²) in [6.07, 6.45) is 0.777. The molecule has 1 heterocycles. The molecule has 96 valence electrons. The zero-order chi connectivity index (χ0) is 12.2. The number of likely N-dealkylation sites (N-methyl/N-ethyl adjacent to an activating group) is 2. The molecule has 16 heavy (non-hydrogen) atoms. The van der Waals surface area contributed by atoms with Crippen molar-refractivity contribution in [3.63, 3.8) is 0 Å². The molecule has 0 bridgehead atoms. The van der Waals surface area contributed by atoms with E-state index in [0.717, 1.165) is 26.1 Å². The third-order valence-corrected chi connectivity index (χ3v) is 4.93. The number of rotatable bonds is 6. The zero-order valence-electron chi connectivity index (χ0n) is 10.2. The van der Waals surface area contributed by atoms with Crippen molar-refractivity contribution >= 4 is 9.84 Å². The molecule has 1 aliphatic rings. The van der Waals surface area contributed by atoms with Crippen molar-refractivity contribution in [1.82, 2.24) is 9.80 Å². The monoisotopic (exact) mass is 249 g/mol. The van der Waals surface area contributed by atoms with Gasteiger partial charge >= 0.3 is 0 Å². The number of nitrogens with two attached hydrogens (primary N) is 1. The van der Waals surface area contributed by atoms with Crippen molar-refractivity contribution in [3.05, 3.63) is 0 Å². The predicted octanol–water partition coefficient (Wildman–Crippen LogP) is -1.00. The summed E-state index contributed by atoms with van der Waals surface area (Å²) in [5, 5.41) is 0. The Kier molecular flexibility index (Phi) is 5.17. The molecule has 1 fully saturated rings. The van der Waals surface area contributed by atoms with Crippen LogP contribution in [0.25, 0.3) is 0 Å². The fourth-order valence-electron chi connectivity index (χ4n) is 1.97.